The molecule has 0 bridgehead atoms. The minimum atomic E-state index is -0.564. The van der Waals surface area contributed by atoms with E-state index in [4.69, 9.17) is 11.6 Å². The van der Waals surface area contributed by atoms with Crippen LogP contribution in [0.15, 0.2) is 6.33 Å². The van der Waals surface area contributed by atoms with E-state index < -0.39 is 4.92 Å². The molecule has 0 aromatic carbocycles. The molecule has 0 spiro atoms. The topological polar surface area (TPSA) is 84.2 Å². The average Bonchev–Trinajstić information content (AvgIpc) is 2.89. The molecule has 1 saturated heterocycles. The van der Waals surface area contributed by atoms with Crippen LogP contribution in [0, 0.1) is 10.1 Å². The maximum absolute atomic E-state index is 10.9. The van der Waals surface area contributed by atoms with E-state index in [-0.39, 0.29) is 16.7 Å². The van der Waals surface area contributed by atoms with E-state index in [1.807, 2.05) is 0 Å². The number of rotatable bonds is 5. The van der Waals surface area contributed by atoms with Crippen LogP contribution in [0.25, 0.3) is 0 Å². The summed E-state index contributed by atoms with van der Waals surface area (Å²) in [7, 11) is 0. The molecule has 0 radical (unpaired) electrons. The first-order chi connectivity index (χ1) is 9.09. The summed E-state index contributed by atoms with van der Waals surface area (Å²) in [6, 6.07) is 0.302. The molecule has 1 atom stereocenters. The van der Waals surface area contributed by atoms with Crippen molar-refractivity contribution in [3.05, 3.63) is 21.6 Å². The lowest BCUT2D eigenvalue weighted by molar-refractivity contribution is -0.384. The summed E-state index contributed by atoms with van der Waals surface area (Å²) >= 11 is 5.72. The van der Waals surface area contributed by atoms with Crippen LogP contribution in [0.3, 0.4) is 0 Å². The molecule has 7 nitrogen and oxygen atoms in total. The number of likely N-dealkylation sites (tertiary alicyclic amines) is 1. The minimum Gasteiger partial charge on any atom is -0.363 e. The number of nitrogens with one attached hydrogen (secondary N) is 1. The highest BCUT2D eigenvalue weighted by molar-refractivity contribution is 6.31. The smallest absolute Gasteiger partial charge is 0.348 e. The molecule has 1 aliphatic rings. The predicted octanol–water partition coefficient (Wildman–Crippen LogP) is 1.93. The Morgan fingerprint density at radius 1 is 1.53 bits per heavy atom. The average molecular weight is 286 g/mol. The Morgan fingerprint density at radius 2 is 2.21 bits per heavy atom. The molecule has 1 aromatic heterocycles. The van der Waals surface area contributed by atoms with Crippen molar-refractivity contribution in [3.63, 3.8) is 0 Å². The Balaban J connectivity index is 2.02. The van der Waals surface area contributed by atoms with E-state index in [2.05, 4.69) is 27.1 Å². The van der Waals surface area contributed by atoms with Crippen LogP contribution >= 0.6 is 11.6 Å². The zero-order valence-corrected chi connectivity index (χ0v) is 11.4. The number of hydrogen-bond acceptors (Lipinski definition) is 6. The summed E-state index contributed by atoms with van der Waals surface area (Å²) in [5, 5.41) is 13.8. The van der Waals surface area contributed by atoms with Gasteiger partial charge >= 0.3 is 5.69 Å². The van der Waals surface area contributed by atoms with Crippen LogP contribution < -0.4 is 5.32 Å². The van der Waals surface area contributed by atoms with Gasteiger partial charge in [-0.05, 0) is 32.9 Å². The number of anilines is 1. The van der Waals surface area contributed by atoms with Gasteiger partial charge in [0.2, 0.25) is 11.0 Å². The third kappa shape index (κ3) is 3.30. The molecule has 1 aromatic rings. The van der Waals surface area contributed by atoms with Crippen LogP contribution in [-0.2, 0) is 0 Å². The van der Waals surface area contributed by atoms with Gasteiger partial charge in [0.25, 0.3) is 0 Å². The SMILES string of the molecule is CC(CNc1ncnc(Cl)c1[N+](=O)[O-])N1CCCC1. The van der Waals surface area contributed by atoms with Crippen molar-refractivity contribution in [2.24, 2.45) is 0 Å². The Hall–Kier alpha value is -1.47. The molecule has 1 N–H and O–H groups in total. The molecular formula is C11H16ClN5O2. The Bertz CT molecular complexity index is 464. The molecule has 2 heterocycles. The number of aromatic nitrogens is 2. The van der Waals surface area contributed by atoms with Crippen LogP contribution in [0.5, 0.6) is 0 Å². The highest BCUT2D eigenvalue weighted by atomic mass is 35.5. The molecule has 8 heteroatoms. The maximum Gasteiger partial charge on any atom is 0.348 e. The number of hydrogen-bond donors (Lipinski definition) is 1. The monoisotopic (exact) mass is 285 g/mol. The fourth-order valence-corrected chi connectivity index (χ4v) is 2.41. The van der Waals surface area contributed by atoms with Crippen molar-refractivity contribution in [2.75, 3.05) is 25.0 Å². The summed E-state index contributed by atoms with van der Waals surface area (Å²) < 4.78 is 0. The summed E-state index contributed by atoms with van der Waals surface area (Å²) in [5.41, 5.74) is -0.266. The van der Waals surface area contributed by atoms with Gasteiger partial charge in [0.1, 0.15) is 6.33 Å². The van der Waals surface area contributed by atoms with E-state index in [9.17, 15) is 10.1 Å². The summed E-state index contributed by atoms with van der Waals surface area (Å²) in [6.45, 7) is 4.84. The Kier molecular flexibility index (Phi) is 4.49. The molecule has 1 unspecified atom stereocenters. The van der Waals surface area contributed by atoms with Gasteiger partial charge in [0.05, 0.1) is 4.92 Å². The van der Waals surface area contributed by atoms with Crippen LogP contribution in [0.1, 0.15) is 19.8 Å². The van der Waals surface area contributed by atoms with Crippen molar-refractivity contribution in [3.8, 4) is 0 Å². The lowest BCUT2D eigenvalue weighted by Gasteiger charge is -2.23. The normalized spacial score (nSPS) is 17.4. The van der Waals surface area contributed by atoms with Gasteiger partial charge in [-0.15, -0.1) is 0 Å². The molecule has 0 saturated carbocycles. The summed E-state index contributed by atoms with van der Waals surface area (Å²) in [5.74, 6) is 0.177. The van der Waals surface area contributed by atoms with E-state index in [1.165, 1.54) is 19.2 Å². The van der Waals surface area contributed by atoms with Gasteiger partial charge in [-0.1, -0.05) is 11.6 Å². The van der Waals surface area contributed by atoms with Gasteiger partial charge in [0, 0.05) is 12.6 Å². The van der Waals surface area contributed by atoms with Crippen molar-refractivity contribution in [1.29, 1.82) is 0 Å². The molecule has 0 amide bonds. The van der Waals surface area contributed by atoms with Gasteiger partial charge < -0.3 is 5.32 Å². The third-order valence-corrected chi connectivity index (χ3v) is 3.57. The maximum atomic E-state index is 10.9. The predicted molar refractivity (Wildman–Crippen MR) is 72.5 cm³/mol. The van der Waals surface area contributed by atoms with Crippen molar-refractivity contribution < 1.29 is 4.92 Å². The largest absolute Gasteiger partial charge is 0.363 e. The van der Waals surface area contributed by atoms with Crippen molar-refractivity contribution >= 4 is 23.1 Å². The van der Waals surface area contributed by atoms with E-state index in [0.29, 0.717) is 12.6 Å². The third-order valence-electron chi connectivity index (χ3n) is 3.29. The van der Waals surface area contributed by atoms with Crippen LogP contribution in [0.4, 0.5) is 11.5 Å². The van der Waals surface area contributed by atoms with Gasteiger partial charge in [-0.25, -0.2) is 9.97 Å². The Morgan fingerprint density at radius 3 is 2.84 bits per heavy atom. The number of halogens is 1. The standard InChI is InChI=1S/C11H16ClN5O2/c1-8(16-4-2-3-5-16)6-13-11-9(17(18)19)10(12)14-7-15-11/h7-8H,2-6H2,1H3,(H,13,14,15). The first-order valence-electron chi connectivity index (χ1n) is 6.22. The highest BCUT2D eigenvalue weighted by Gasteiger charge is 2.23. The van der Waals surface area contributed by atoms with Gasteiger partial charge in [0.15, 0.2) is 0 Å². The quantitative estimate of drug-likeness (QED) is 0.505. The van der Waals surface area contributed by atoms with E-state index in [0.717, 1.165) is 13.1 Å². The molecular weight excluding hydrogens is 270 g/mol. The van der Waals surface area contributed by atoms with Crippen LogP contribution in [-0.4, -0.2) is 45.5 Å². The zero-order chi connectivity index (χ0) is 13.8. The highest BCUT2D eigenvalue weighted by Crippen LogP contribution is 2.28. The Labute approximate surface area is 116 Å². The lowest BCUT2D eigenvalue weighted by atomic mass is 10.3. The van der Waals surface area contributed by atoms with E-state index in [1.54, 1.807) is 0 Å². The molecule has 104 valence electrons. The first-order valence-corrected chi connectivity index (χ1v) is 6.60. The fourth-order valence-electron chi connectivity index (χ4n) is 2.20. The molecule has 0 aliphatic carbocycles. The van der Waals surface area contributed by atoms with Gasteiger partial charge in [-0.2, -0.15) is 0 Å². The number of nitro groups is 1. The fraction of sp³-hybridized carbons (Fsp3) is 0.636. The second kappa shape index (κ2) is 6.12. The molecule has 1 aliphatic heterocycles. The molecule has 19 heavy (non-hydrogen) atoms. The van der Waals surface area contributed by atoms with Crippen molar-refractivity contribution in [1.82, 2.24) is 14.9 Å². The zero-order valence-electron chi connectivity index (χ0n) is 10.7. The molecule has 1 fully saturated rings. The molecule has 2 rings (SSSR count). The number of nitrogens with zero attached hydrogens (tertiary/aromatic N) is 4. The summed E-state index contributed by atoms with van der Waals surface area (Å²) in [6.07, 6.45) is 3.64. The minimum absolute atomic E-state index is 0.142. The summed E-state index contributed by atoms with van der Waals surface area (Å²) in [4.78, 5) is 20.2. The van der Waals surface area contributed by atoms with E-state index >= 15 is 0 Å². The second-order valence-electron chi connectivity index (χ2n) is 4.59. The van der Waals surface area contributed by atoms with Crippen molar-refractivity contribution in [2.45, 2.75) is 25.8 Å². The van der Waals surface area contributed by atoms with Gasteiger partial charge in [-0.3, -0.25) is 15.0 Å². The lowest BCUT2D eigenvalue weighted by Crippen LogP contribution is -2.35. The first kappa shape index (κ1) is 14.0. The van der Waals surface area contributed by atoms with Crippen LogP contribution in [0.2, 0.25) is 5.15 Å². The second-order valence-corrected chi connectivity index (χ2v) is 4.95.